The molecule has 7 aliphatic rings. The average Bonchev–Trinajstić information content (AvgIpc) is 3.45. The first-order valence-electron chi connectivity index (χ1n) is 24.5. The van der Waals surface area contributed by atoms with Gasteiger partial charge < -0.3 is 174 Å². The van der Waals surface area contributed by atoms with Crippen LogP contribution < -0.4 is 0 Å². The highest BCUT2D eigenvalue weighted by molar-refractivity contribution is 5.73. The number of hydrogen-bond acceptors (Lipinski definition) is 35. The van der Waals surface area contributed by atoms with Gasteiger partial charge >= 0.3 is 5.97 Å². The highest BCUT2D eigenvalue weighted by atomic mass is 16.8. The van der Waals surface area contributed by atoms with E-state index in [0.29, 0.717) is 0 Å². The van der Waals surface area contributed by atoms with Crippen molar-refractivity contribution < 1.29 is 179 Å². The molecule has 0 radical (unpaired) electrons. The van der Waals surface area contributed by atoms with E-state index in [1.165, 1.54) is 6.92 Å². The molecule has 0 aromatic carbocycles. The van der Waals surface area contributed by atoms with Crippen molar-refractivity contribution in [2.45, 2.75) is 222 Å². The SMILES string of the molecule is C[C@@H]1O[C@@H](OC[C@H]2O[C@@H](OC[C@H]3O[C@H](O[C@H]4[C@H](O)[C@@H](O)[C@H](OC[C@H]5O[C@@H](O[C@@H]6[C@@H](O)[C@H](O[C@H]7[C@H](O)[C@@H](O)[C@@H](O)O[C@@H]7CO)O[C@H](CO)[C@H]6O)[C@@H](O)[C@@H](O)[C@@H]5O)O[C@@H]4C(=O)O)[C@H](O)[C@@H](O)[C@@H]3O)[C@H](O)[C@@H](O)[C@@H]2O)[C@H](O)[C@H](O)[C@H]1O. The maximum absolute atomic E-state index is 12.6. The quantitative estimate of drug-likeness (QED) is 0.0606. The van der Waals surface area contributed by atoms with E-state index >= 15 is 0 Å². The second-order valence-electron chi connectivity index (χ2n) is 19.7. The summed E-state index contributed by atoms with van der Waals surface area (Å²) in [6, 6.07) is 0. The Balaban J connectivity index is 0.959. The van der Waals surface area contributed by atoms with Gasteiger partial charge in [0.2, 0.25) is 0 Å². The molecule has 0 aromatic rings. The summed E-state index contributed by atoms with van der Waals surface area (Å²) in [5, 5.41) is 232. The smallest absolute Gasteiger partial charge is 0.335 e. The van der Waals surface area contributed by atoms with Crippen molar-refractivity contribution in [3.63, 3.8) is 0 Å². The standard InChI is InChI=1S/C42H70O36/c1-7-13(45)18(50)25(57)37(69-7)66-4-10-14(46)19(51)26(58)38(72-10)67-5-11-15(47)21(53)28(60)41(74-11)77-33-23(55)29(61)39(78-34(33)35(63)64)68-6-12-16(48)20(52)27(59)40(73-12)76-32-17(49)8(2-43)71-42(30(32)62)75-31-9(3-44)70-36(65)24(56)22(31)54/h7-34,36-62,65H,2-6H2,1H3,(H,63,64)/t7-,8+,9+,10+,11+,12+,13-,14+,15+,16+,17+,18+,19-,20-,21-,22+,23+,24+,25+,26+,27-,28+,29+,30+,31+,32-,33-,34-,36-,37+,38+,39+,40-,41+,42-/m0/s1. The number of carboxylic acid groups (broad SMARTS) is 1. The third kappa shape index (κ3) is 13.2. The predicted molar refractivity (Wildman–Crippen MR) is 231 cm³/mol. The lowest BCUT2D eigenvalue weighted by Crippen LogP contribution is -2.67. The van der Waals surface area contributed by atoms with Gasteiger partial charge in [-0.05, 0) is 6.92 Å². The molecule has 0 aromatic heterocycles. The van der Waals surface area contributed by atoms with Crippen LogP contribution in [0.2, 0.25) is 0 Å². The summed E-state index contributed by atoms with van der Waals surface area (Å²) in [4.78, 5) is 12.6. The van der Waals surface area contributed by atoms with E-state index in [1.807, 2.05) is 0 Å². The van der Waals surface area contributed by atoms with E-state index in [-0.39, 0.29) is 0 Å². The summed E-state index contributed by atoms with van der Waals surface area (Å²) in [7, 11) is 0. The first-order valence-corrected chi connectivity index (χ1v) is 24.5. The van der Waals surface area contributed by atoms with Crippen LogP contribution in [0.3, 0.4) is 0 Å². The zero-order chi connectivity index (χ0) is 57.5. The van der Waals surface area contributed by atoms with E-state index in [1.54, 1.807) is 0 Å². The normalized spacial score (nSPS) is 53.4. The Bertz CT molecular complexity index is 1880. The van der Waals surface area contributed by atoms with E-state index in [2.05, 4.69) is 0 Å². The summed E-state index contributed by atoms with van der Waals surface area (Å²) in [6.07, 6.45) is -68.1. The molecule has 7 aliphatic heterocycles. The molecule has 0 aliphatic carbocycles. The minimum absolute atomic E-state index is 0.680. The summed E-state index contributed by atoms with van der Waals surface area (Å²) in [5.74, 6) is -1.91. The van der Waals surface area contributed by atoms with Crippen molar-refractivity contribution in [1.82, 2.24) is 0 Å². The molecule has 0 saturated carbocycles. The van der Waals surface area contributed by atoms with Crippen molar-refractivity contribution in [1.29, 1.82) is 0 Å². The van der Waals surface area contributed by atoms with Gasteiger partial charge in [0.05, 0.1) is 39.1 Å². The second kappa shape index (κ2) is 26.8. The van der Waals surface area contributed by atoms with Crippen molar-refractivity contribution in [2.75, 3.05) is 33.0 Å². The Kier molecular flexibility index (Phi) is 21.9. The third-order valence-electron chi connectivity index (χ3n) is 14.4. The topological polar surface area (TPSA) is 582 Å². The van der Waals surface area contributed by atoms with Crippen LogP contribution >= 0.6 is 0 Å². The van der Waals surface area contributed by atoms with Crippen molar-refractivity contribution in [3.05, 3.63) is 0 Å². The minimum Gasteiger partial charge on any atom is -0.479 e. The molecule has 36 nitrogen and oxygen atoms in total. The average molecular weight is 1150 g/mol. The number of hydrogen-bond donors (Lipinski definition) is 22. The van der Waals surface area contributed by atoms with Crippen LogP contribution in [0.1, 0.15) is 6.92 Å². The van der Waals surface area contributed by atoms with Gasteiger partial charge in [-0.3, -0.25) is 0 Å². The van der Waals surface area contributed by atoms with Gasteiger partial charge in [-0.1, -0.05) is 0 Å². The van der Waals surface area contributed by atoms with Crippen LogP contribution in [-0.4, -0.2) is 366 Å². The fourth-order valence-corrected chi connectivity index (χ4v) is 9.60. The molecule has 78 heavy (non-hydrogen) atoms. The monoisotopic (exact) mass is 1150 g/mol. The summed E-state index contributed by atoms with van der Waals surface area (Å²) in [6.45, 7) is -3.12. The number of carbonyl (C=O) groups is 1. The number of aliphatic hydroxyl groups excluding tert-OH is 21. The Morgan fingerprint density at radius 2 is 0.692 bits per heavy atom. The molecule has 35 atom stereocenters. The van der Waals surface area contributed by atoms with E-state index in [4.69, 9.17) is 61.6 Å². The lowest BCUT2D eigenvalue weighted by molar-refractivity contribution is -0.382. The van der Waals surface area contributed by atoms with Gasteiger partial charge in [0.15, 0.2) is 50.1 Å². The third-order valence-corrected chi connectivity index (χ3v) is 14.4. The van der Waals surface area contributed by atoms with Crippen LogP contribution in [0.5, 0.6) is 0 Å². The zero-order valence-corrected chi connectivity index (χ0v) is 40.8. The Morgan fingerprint density at radius 1 is 0.333 bits per heavy atom. The van der Waals surface area contributed by atoms with Crippen LogP contribution in [0, 0.1) is 0 Å². The molecular formula is C42H70O36. The number of ether oxygens (including phenoxy) is 13. The summed E-state index contributed by atoms with van der Waals surface area (Å²) >= 11 is 0. The fraction of sp³-hybridized carbons (Fsp3) is 0.976. The number of aliphatic hydroxyl groups is 21. The molecule has 36 heteroatoms. The Hall–Kier alpha value is -1.89. The van der Waals surface area contributed by atoms with Gasteiger partial charge in [-0.2, -0.15) is 0 Å². The fourth-order valence-electron chi connectivity index (χ4n) is 9.60. The molecule has 0 spiro atoms. The molecule has 22 N–H and O–H groups in total. The lowest BCUT2D eigenvalue weighted by Gasteiger charge is -2.48. The first kappa shape index (κ1) is 63.7. The molecular weight excluding hydrogens is 1080 g/mol. The van der Waals surface area contributed by atoms with Gasteiger partial charge in [-0.25, -0.2) is 4.79 Å². The summed E-state index contributed by atoms with van der Waals surface area (Å²) in [5.41, 5.74) is 0. The minimum atomic E-state index is -2.36. The molecule has 7 rings (SSSR count). The zero-order valence-electron chi connectivity index (χ0n) is 40.8. The van der Waals surface area contributed by atoms with Gasteiger partial charge in [-0.15, -0.1) is 0 Å². The maximum atomic E-state index is 12.6. The molecule has 7 heterocycles. The molecule has 7 fully saturated rings. The Morgan fingerprint density at radius 3 is 1.17 bits per heavy atom. The first-order chi connectivity index (χ1) is 36.7. The molecule has 0 unspecified atom stereocenters. The number of rotatable bonds is 18. The highest BCUT2D eigenvalue weighted by Gasteiger charge is 2.57. The van der Waals surface area contributed by atoms with E-state index in [0.717, 1.165) is 0 Å². The van der Waals surface area contributed by atoms with E-state index in [9.17, 15) is 117 Å². The van der Waals surface area contributed by atoms with Crippen molar-refractivity contribution in [2.24, 2.45) is 0 Å². The number of carboxylic acids is 1. The number of aliphatic carboxylic acids is 1. The molecule has 0 amide bonds. The maximum Gasteiger partial charge on any atom is 0.335 e. The van der Waals surface area contributed by atoms with Gasteiger partial charge in [0, 0.05) is 0 Å². The predicted octanol–water partition coefficient (Wildman–Crippen LogP) is -15.2. The Labute approximate surface area is 439 Å². The largest absolute Gasteiger partial charge is 0.479 e. The van der Waals surface area contributed by atoms with Gasteiger partial charge in [0.1, 0.15) is 159 Å². The van der Waals surface area contributed by atoms with Crippen LogP contribution in [0.4, 0.5) is 0 Å². The second-order valence-corrected chi connectivity index (χ2v) is 19.7. The lowest BCUT2D eigenvalue weighted by atomic mass is 9.96. The van der Waals surface area contributed by atoms with Crippen molar-refractivity contribution in [3.8, 4) is 0 Å². The van der Waals surface area contributed by atoms with Gasteiger partial charge in [0.25, 0.3) is 0 Å². The molecule has 7 saturated heterocycles. The molecule has 454 valence electrons. The van der Waals surface area contributed by atoms with E-state index < -0.39 is 254 Å². The van der Waals surface area contributed by atoms with Crippen LogP contribution in [-0.2, 0) is 66.4 Å². The van der Waals surface area contributed by atoms with Crippen LogP contribution in [0.15, 0.2) is 0 Å². The van der Waals surface area contributed by atoms with Crippen LogP contribution in [0.25, 0.3) is 0 Å². The van der Waals surface area contributed by atoms with Crippen molar-refractivity contribution >= 4 is 5.97 Å². The molecule has 0 bridgehead atoms. The summed E-state index contributed by atoms with van der Waals surface area (Å²) < 4.78 is 70.9. The highest BCUT2D eigenvalue weighted by Crippen LogP contribution is 2.35.